The number of hydrogen-bond acceptors (Lipinski definition) is 4. The molecule has 88 valence electrons. The second-order valence-corrected chi connectivity index (χ2v) is 4.66. The van der Waals surface area contributed by atoms with E-state index in [2.05, 4.69) is 16.8 Å². The second kappa shape index (κ2) is 4.29. The molecule has 0 aliphatic carbocycles. The van der Waals surface area contributed by atoms with E-state index in [9.17, 15) is 0 Å². The van der Waals surface area contributed by atoms with Crippen molar-refractivity contribution in [2.24, 2.45) is 0 Å². The Morgan fingerprint density at radius 2 is 2.31 bits per heavy atom. The molecule has 0 aromatic carbocycles. The molecule has 1 saturated heterocycles. The molecule has 16 heavy (non-hydrogen) atoms. The van der Waals surface area contributed by atoms with Gasteiger partial charge < -0.3 is 15.4 Å². The van der Waals surface area contributed by atoms with Crippen LogP contribution in [0.3, 0.4) is 0 Å². The lowest BCUT2D eigenvalue weighted by Crippen LogP contribution is -2.47. The van der Waals surface area contributed by atoms with Gasteiger partial charge in [0.1, 0.15) is 0 Å². The summed E-state index contributed by atoms with van der Waals surface area (Å²) in [6, 6.07) is 1.97. The van der Waals surface area contributed by atoms with Crippen molar-refractivity contribution in [2.45, 2.75) is 25.4 Å². The molecule has 0 spiro atoms. The van der Waals surface area contributed by atoms with Crippen LogP contribution in [0.15, 0.2) is 18.5 Å². The first-order valence-electron chi connectivity index (χ1n) is 5.64. The van der Waals surface area contributed by atoms with Crippen LogP contribution in [0, 0.1) is 0 Å². The zero-order valence-corrected chi connectivity index (χ0v) is 9.94. The van der Waals surface area contributed by atoms with Crippen LogP contribution in [0.25, 0.3) is 0 Å². The minimum Gasteiger partial charge on any atom is -0.397 e. The Morgan fingerprint density at radius 1 is 1.50 bits per heavy atom. The molecule has 1 aromatic rings. The first-order chi connectivity index (χ1) is 7.63. The number of piperidine rings is 1. The van der Waals surface area contributed by atoms with E-state index in [0.717, 1.165) is 31.6 Å². The van der Waals surface area contributed by atoms with Gasteiger partial charge in [-0.3, -0.25) is 4.98 Å². The molecule has 1 unspecified atom stereocenters. The van der Waals surface area contributed by atoms with Crippen molar-refractivity contribution in [1.29, 1.82) is 0 Å². The topological polar surface area (TPSA) is 51.4 Å². The van der Waals surface area contributed by atoms with E-state index < -0.39 is 0 Å². The van der Waals surface area contributed by atoms with E-state index in [-0.39, 0.29) is 5.60 Å². The third kappa shape index (κ3) is 2.27. The van der Waals surface area contributed by atoms with E-state index in [4.69, 9.17) is 10.5 Å². The third-order valence-electron chi connectivity index (χ3n) is 3.26. The fourth-order valence-electron chi connectivity index (χ4n) is 2.21. The highest BCUT2D eigenvalue weighted by molar-refractivity contribution is 5.53. The van der Waals surface area contributed by atoms with Gasteiger partial charge in [-0.15, -0.1) is 0 Å². The van der Waals surface area contributed by atoms with Crippen molar-refractivity contribution >= 4 is 11.4 Å². The number of pyridine rings is 1. The molecule has 0 saturated carbocycles. The molecule has 1 aromatic heterocycles. The zero-order valence-electron chi connectivity index (χ0n) is 9.94. The summed E-state index contributed by atoms with van der Waals surface area (Å²) in [5, 5.41) is 0. The van der Waals surface area contributed by atoms with Gasteiger partial charge in [-0.1, -0.05) is 0 Å². The van der Waals surface area contributed by atoms with Gasteiger partial charge in [0.15, 0.2) is 0 Å². The monoisotopic (exact) mass is 221 g/mol. The SMILES string of the molecule is COC1(C)CCCN(c2cncc(N)c2)C1. The largest absolute Gasteiger partial charge is 0.397 e. The van der Waals surface area contributed by atoms with Crippen molar-refractivity contribution in [2.75, 3.05) is 30.8 Å². The van der Waals surface area contributed by atoms with Gasteiger partial charge in [-0.05, 0) is 25.8 Å². The lowest BCUT2D eigenvalue weighted by Gasteiger charge is -2.40. The fraction of sp³-hybridized carbons (Fsp3) is 0.583. The number of nitrogens with two attached hydrogens (primary N) is 1. The van der Waals surface area contributed by atoms with Gasteiger partial charge in [0.05, 0.1) is 23.2 Å². The van der Waals surface area contributed by atoms with E-state index in [1.807, 2.05) is 12.3 Å². The average molecular weight is 221 g/mol. The van der Waals surface area contributed by atoms with Gasteiger partial charge in [-0.2, -0.15) is 0 Å². The van der Waals surface area contributed by atoms with Crippen molar-refractivity contribution < 1.29 is 4.74 Å². The molecular formula is C12H19N3O. The molecule has 2 N–H and O–H groups in total. The molecular weight excluding hydrogens is 202 g/mol. The van der Waals surface area contributed by atoms with Crippen LogP contribution in [0.2, 0.25) is 0 Å². The highest BCUT2D eigenvalue weighted by Crippen LogP contribution is 2.28. The van der Waals surface area contributed by atoms with E-state index in [0.29, 0.717) is 5.69 Å². The third-order valence-corrected chi connectivity index (χ3v) is 3.26. The van der Waals surface area contributed by atoms with Gasteiger partial charge in [-0.25, -0.2) is 0 Å². The lowest BCUT2D eigenvalue weighted by atomic mass is 9.94. The predicted molar refractivity (Wildman–Crippen MR) is 65.5 cm³/mol. The van der Waals surface area contributed by atoms with E-state index in [1.54, 1.807) is 13.3 Å². The van der Waals surface area contributed by atoms with Crippen molar-refractivity contribution in [3.63, 3.8) is 0 Å². The van der Waals surface area contributed by atoms with Gasteiger partial charge in [0, 0.05) is 26.4 Å². The zero-order chi connectivity index (χ0) is 11.6. The minimum absolute atomic E-state index is 0.0527. The Morgan fingerprint density at radius 3 is 3.00 bits per heavy atom. The number of ether oxygens (including phenoxy) is 1. The van der Waals surface area contributed by atoms with Crippen LogP contribution in [-0.4, -0.2) is 30.8 Å². The van der Waals surface area contributed by atoms with Crippen LogP contribution in [0.4, 0.5) is 11.4 Å². The highest BCUT2D eigenvalue weighted by atomic mass is 16.5. The lowest BCUT2D eigenvalue weighted by molar-refractivity contribution is -0.00466. The van der Waals surface area contributed by atoms with E-state index >= 15 is 0 Å². The number of rotatable bonds is 2. The van der Waals surface area contributed by atoms with Crippen LogP contribution < -0.4 is 10.6 Å². The smallest absolute Gasteiger partial charge is 0.0825 e. The molecule has 0 bridgehead atoms. The summed E-state index contributed by atoms with van der Waals surface area (Å²) in [5.74, 6) is 0. The summed E-state index contributed by atoms with van der Waals surface area (Å²) < 4.78 is 5.57. The summed E-state index contributed by atoms with van der Waals surface area (Å²) in [4.78, 5) is 6.41. The Hall–Kier alpha value is -1.29. The van der Waals surface area contributed by atoms with Gasteiger partial charge >= 0.3 is 0 Å². The standard InChI is InChI=1S/C12H19N3O/c1-12(16-2)4-3-5-15(9-12)11-6-10(13)7-14-8-11/h6-8H,3-5,9,13H2,1-2H3. The molecule has 2 rings (SSSR count). The number of aromatic nitrogens is 1. The average Bonchev–Trinajstić information content (AvgIpc) is 2.29. The quantitative estimate of drug-likeness (QED) is 0.825. The molecule has 1 atom stereocenters. The van der Waals surface area contributed by atoms with Crippen LogP contribution >= 0.6 is 0 Å². The molecule has 0 radical (unpaired) electrons. The highest BCUT2D eigenvalue weighted by Gasteiger charge is 2.30. The summed E-state index contributed by atoms with van der Waals surface area (Å²) in [6.07, 6.45) is 5.77. The first-order valence-corrected chi connectivity index (χ1v) is 5.64. The fourth-order valence-corrected chi connectivity index (χ4v) is 2.21. The van der Waals surface area contributed by atoms with Gasteiger partial charge in [0.25, 0.3) is 0 Å². The maximum Gasteiger partial charge on any atom is 0.0825 e. The number of nitrogen functional groups attached to an aromatic ring is 1. The van der Waals surface area contributed by atoms with Crippen molar-refractivity contribution in [3.8, 4) is 0 Å². The van der Waals surface area contributed by atoms with Gasteiger partial charge in [0.2, 0.25) is 0 Å². The number of hydrogen-bond donors (Lipinski definition) is 1. The molecule has 2 heterocycles. The Labute approximate surface area is 96.4 Å². The molecule has 4 heteroatoms. The van der Waals surface area contributed by atoms with Crippen molar-refractivity contribution in [1.82, 2.24) is 4.98 Å². The molecule has 1 aliphatic heterocycles. The molecule has 4 nitrogen and oxygen atoms in total. The number of nitrogens with zero attached hydrogens (tertiary/aromatic N) is 2. The number of anilines is 2. The van der Waals surface area contributed by atoms with Crippen LogP contribution in [-0.2, 0) is 4.74 Å². The Balaban J connectivity index is 2.16. The summed E-state index contributed by atoms with van der Waals surface area (Å²) in [7, 11) is 1.78. The van der Waals surface area contributed by atoms with Crippen LogP contribution in [0.5, 0.6) is 0 Å². The van der Waals surface area contributed by atoms with E-state index in [1.165, 1.54) is 0 Å². The molecule has 0 amide bonds. The van der Waals surface area contributed by atoms with Crippen LogP contribution in [0.1, 0.15) is 19.8 Å². The second-order valence-electron chi connectivity index (χ2n) is 4.66. The van der Waals surface area contributed by atoms with Crippen molar-refractivity contribution in [3.05, 3.63) is 18.5 Å². The first kappa shape index (κ1) is 11.2. The Bertz CT molecular complexity index is 369. The maximum atomic E-state index is 5.74. The summed E-state index contributed by atoms with van der Waals surface area (Å²) in [5.41, 5.74) is 7.49. The Kier molecular flexibility index (Phi) is 3.01. The molecule has 1 fully saturated rings. The predicted octanol–water partition coefficient (Wildman–Crippen LogP) is 1.67. The molecule has 1 aliphatic rings. The summed E-state index contributed by atoms with van der Waals surface area (Å²) in [6.45, 7) is 4.09. The maximum absolute atomic E-state index is 5.74. The minimum atomic E-state index is -0.0527. The summed E-state index contributed by atoms with van der Waals surface area (Å²) >= 11 is 0. The number of methoxy groups -OCH3 is 1. The normalized spacial score (nSPS) is 25.8.